The number of aromatic nitrogens is 2. The maximum absolute atomic E-state index is 5.70. The van der Waals surface area contributed by atoms with E-state index in [0.717, 1.165) is 16.8 Å². The summed E-state index contributed by atoms with van der Waals surface area (Å²) in [6, 6.07) is 8.11. The summed E-state index contributed by atoms with van der Waals surface area (Å²) in [7, 11) is 0. The number of nitrogens with zero attached hydrogens (tertiary/aromatic N) is 2. The van der Waals surface area contributed by atoms with E-state index in [0.29, 0.717) is 6.61 Å². The number of hydrogen-bond acceptors (Lipinski definition) is 4. The molecule has 3 nitrogen and oxygen atoms in total. The fraction of sp³-hybridized carbons (Fsp3) is 0.0769. The molecule has 0 amide bonds. The Balaban J connectivity index is 1.82. The molecule has 2 aromatic heterocycles. The quantitative estimate of drug-likeness (QED) is 0.707. The smallest absolute Gasteiger partial charge is 0.147 e. The minimum Gasteiger partial charge on any atom is -0.485 e. The van der Waals surface area contributed by atoms with Gasteiger partial charge in [0.15, 0.2) is 0 Å². The molecule has 0 saturated heterocycles. The van der Waals surface area contributed by atoms with Gasteiger partial charge in [-0.1, -0.05) is 12.1 Å². The number of hydrogen-bond donors (Lipinski definition) is 0. The number of ether oxygens (including phenoxy) is 1. The Morgan fingerprint density at radius 3 is 3.06 bits per heavy atom. The van der Waals surface area contributed by atoms with Crippen LogP contribution in [0.4, 0.5) is 0 Å². The van der Waals surface area contributed by atoms with Gasteiger partial charge < -0.3 is 4.74 Å². The average Bonchev–Trinajstić information content (AvgIpc) is 2.81. The minimum atomic E-state index is 0.422. The lowest BCUT2D eigenvalue weighted by molar-refractivity contribution is 0.305. The summed E-state index contributed by atoms with van der Waals surface area (Å²) < 4.78 is 6.88. The van der Waals surface area contributed by atoms with E-state index in [4.69, 9.17) is 4.74 Å². The molecule has 0 bridgehead atoms. The van der Waals surface area contributed by atoms with E-state index in [1.807, 2.05) is 18.2 Å². The zero-order valence-electron chi connectivity index (χ0n) is 8.96. The Labute approximate surface area is 103 Å². The first-order valence-electron chi connectivity index (χ1n) is 5.20. The van der Waals surface area contributed by atoms with Crippen LogP contribution >= 0.6 is 11.3 Å². The molecule has 1 aromatic carbocycles. The summed E-state index contributed by atoms with van der Waals surface area (Å²) in [5, 5.41) is 4.25. The molecule has 17 heavy (non-hydrogen) atoms. The van der Waals surface area contributed by atoms with Crippen molar-refractivity contribution in [3.63, 3.8) is 0 Å². The van der Waals surface area contributed by atoms with Crippen molar-refractivity contribution in [2.45, 2.75) is 6.61 Å². The number of thiophene rings is 1. The highest BCUT2D eigenvalue weighted by Gasteiger charge is 2.05. The summed E-state index contributed by atoms with van der Waals surface area (Å²) in [6.07, 6.45) is 5.01. The van der Waals surface area contributed by atoms with Crippen molar-refractivity contribution in [1.82, 2.24) is 9.97 Å². The van der Waals surface area contributed by atoms with Crippen LogP contribution in [0.15, 0.2) is 42.9 Å². The third-order valence-electron chi connectivity index (χ3n) is 2.37. The minimum absolute atomic E-state index is 0.422. The molecule has 83 valence electrons. The van der Waals surface area contributed by atoms with Crippen LogP contribution in [-0.4, -0.2) is 9.97 Å². The molecule has 0 aliphatic rings. The van der Waals surface area contributed by atoms with Crippen molar-refractivity contribution >= 4 is 21.4 Å². The molecule has 0 saturated carbocycles. The molecular formula is C13H9N2OS. The van der Waals surface area contributed by atoms with E-state index in [2.05, 4.69) is 21.4 Å². The van der Waals surface area contributed by atoms with Crippen molar-refractivity contribution in [3.05, 3.63) is 53.9 Å². The highest BCUT2D eigenvalue weighted by molar-refractivity contribution is 7.17. The second-order valence-electron chi connectivity index (χ2n) is 3.51. The summed E-state index contributed by atoms with van der Waals surface area (Å²) in [4.78, 5) is 8.16. The zero-order chi connectivity index (χ0) is 11.5. The fourth-order valence-electron chi connectivity index (χ4n) is 1.56. The number of rotatable bonds is 3. The summed E-state index contributed by atoms with van der Waals surface area (Å²) in [6.45, 7) is 0.422. The molecular weight excluding hydrogens is 232 g/mol. The molecule has 0 spiro atoms. The monoisotopic (exact) mass is 241 g/mol. The van der Waals surface area contributed by atoms with Crippen molar-refractivity contribution < 1.29 is 4.74 Å². The molecule has 0 unspecified atom stereocenters. The van der Waals surface area contributed by atoms with E-state index in [-0.39, 0.29) is 0 Å². The SMILES string of the molecule is [c]1sc2ccccc2c1OCc1cnccn1. The first-order chi connectivity index (χ1) is 8.43. The predicted molar refractivity (Wildman–Crippen MR) is 67.0 cm³/mol. The third-order valence-corrected chi connectivity index (χ3v) is 3.23. The second kappa shape index (κ2) is 4.51. The average molecular weight is 241 g/mol. The summed E-state index contributed by atoms with van der Waals surface area (Å²) >= 11 is 1.56. The maximum Gasteiger partial charge on any atom is 0.147 e. The molecule has 0 N–H and O–H groups in total. The number of fused-ring (bicyclic) bond motifs is 1. The van der Waals surface area contributed by atoms with Crippen LogP contribution in [0.3, 0.4) is 0 Å². The van der Waals surface area contributed by atoms with Crippen LogP contribution in [0.2, 0.25) is 0 Å². The van der Waals surface area contributed by atoms with Crippen molar-refractivity contribution in [3.8, 4) is 5.75 Å². The van der Waals surface area contributed by atoms with Crippen LogP contribution in [0.5, 0.6) is 5.75 Å². The van der Waals surface area contributed by atoms with Crippen LogP contribution in [0, 0.1) is 5.38 Å². The third kappa shape index (κ3) is 2.12. The van der Waals surface area contributed by atoms with Crippen molar-refractivity contribution in [2.75, 3.05) is 0 Å². The summed E-state index contributed by atoms with van der Waals surface area (Å²) in [5.41, 5.74) is 0.816. The first-order valence-corrected chi connectivity index (χ1v) is 6.02. The fourth-order valence-corrected chi connectivity index (χ4v) is 2.35. The van der Waals surface area contributed by atoms with Gasteiger partial charge in [-0.15, -0.1) is 11.3 Å². The lowest BCUT2D eigenvalue weighted by Crippen LogP contribution is -1.97. The molecule has 3 aromatic rings. The highest BCUT2D eigenvalue weighted by atomic mass is 32.1. The largest absolute Gasteiger partial charge is 0.485 e. The van der Waals surface area contributed by atoms with Gasteiger partial charge in [-0.2, -0.15) is 0 Å². The highest BCUT2D eigenvalue weighted by Crippen LogP contribution is 2.31. The van der Waals surface area contributed by atoms with E-state index >= 15 is 0 Å². The molecule has 0 aliphatic heterocycles. The zero-order valence-corrected chi connectivity index (χ0v) is 9.78. The standard InChI is InChI=1S/C13H9N2OS/c1-2-4-13-11(3-1)12(9-17-13)16-8-10-7-14-5-6-15-10/h1-7H,8H2. The Hall–Kier alpha value is -1.94. The molecule has 0 aliphatic carbocycles. The van der Waals surface area contributed by atoms with Gasteiger partial charge >= 0.3 is 0 Å². The Morgan fingerprint density at radius 2 is 2.18 bits per heavy atom. The predicted octanol–water partition coefficient (Wildman–Crippen LogP) is 3.07. The topological polar surface area (TPSA) is 35.0 Å². The first kappa shape index (κ1) is 10.2. The van der Waals surface area contributed by atoms with Crippen LogP contribution < -0.4 is 4.74 Å². The Bertz CT molecular complexity index is 621. The molecule has 4 heteroatoms. The lowest BCUT2D eigenvalue weighted by Gasteiger charge is -2.03. The normalized spacial score (nSPS) is 10.6. The van der Waals surface area contributed by atoms with E-state index in [1.165, 1.54) is 4.70 Å². The Kier molecular flexibility index (Phi) is 2.71. The molecule has 3 rings (SSSR count). The molecule has 0 atom stereocenters. The van der Waals surface area contributed by atoms with Gasteiger partial charge in [-0.25, -0.2) is 0 Å². The van der Waals surface area contributed by atoms with Gasteiger partial charge in [0.05, 0.1) is 17.3 Å². The van der Waals surface area contributed by atoms with Crippen LogP contribution in [0.25, 0.3) is 10.1 Å². The van der Waals surface area contributed by atoms with Gasteiger partial charge in [0.25, 0.3) is 0 Å². The lowest BCUT2D eigenvalue weighted by atomic mass is 10.2. The van der Waals surface area contributed by atoms with E-state index < -0.39 is 0 Å². The molecule has 2 heterocycles. The summed E-state index contributed by atoms with van der Waals surface area (Å²) in [5.74, 6) is 0.788. The van der Waals surface area contributed by atoms with E-state index in [1.54, 1.807) is 29.9 Å². The van der Waals surface area contributed by atoms with Crippen molar-refractivity contribution in [1.29, 1.82) is 0 Å². The second-order valence-corrected chi connectivity index (χ2v) is 4.36. The van der Waals surface area contributed by atoms with Gasteiger partial charge in [0, 0.05) is 22.5 Å². The van der Waals surface area contributed by atoms with Crippen LogP contribution in [0.1, 0.15) is 5.69 Å². The van der Waals surface area contributed by atoms with Gasteiger partial charge in [0.2, 0.25) is 0 Å². The number of benzene rings is 1. The van der Waals surface area contributed by atoms with Gasteiger partial charge in [0.1, 0.15) is 12.4 Å². The van der Waals surface area contributed by atoms with Crippen LogP contribution in [-0.2, 0) is 6.61 Å². The van der Waals surface area contributed by atoms with Gasteiger partial charge in [-0.3, -0.25) is 9.97 Å². The Morgan fingerprint density at radius 1 is 1.24 bits per heavy atom. The molecule has 0 fully saturated rings. The van der Waals surface area contributed by atoms with Crippen molar-refractivity contribution in [2.24, 2.45) is 0 Å². The van der Waals surface area contributed by atoms with Gasteiger partial charge in [-0.05, 0) is 12.1 Å². The maximum atomic E-state index is 5.70. The molecule has 1 radical (unpaired) electrons. The van der Waals surface area contributed by atoms with E-state index in [9.17, 15) is 0 Å².